The predicted molar refractivity (Wildman–Crippen MR) is 54.7 cm³/mol. The molecule has 90 valence electrons. The summed E-state index contributed by atoms with van der Waals surface area (Å²) in [7, 11) is 0. The van der Waals surface area contributed by atoms with Crippen LogP contribution in [0.4, 0.5) is 0 Å². The zero-order chi connectivity index (χ0) is 12.3. The van der Waals surface area contributed by atoms with Crippen LogP contribution in [0.15, 0.2) is 0 Å². The van der Waals surface area contributed by atoms with Crippen LogP contribution in [-0.4, -0.2) is 29.4 Å². The van der Waals surface area contributed by atoms with Crippen molar-refractivity contribution in [3.8, 4) is 0 Å². The molecule has 0 aromatic rings. The number of ether oxygens (including phenoxy) is 1. The Labute approximate surface area is 93.8 Å². The minimum absolute atomic E-state index is 0.0780. The van der Waals surface area contributed by atoms with E-state index in [1.807, 2.05) is 0 Å². The van der Waals surface area contributed by atoms with Gasteiger partial charge in [0.15, 0.2) is 0 Å². The third-order valence-electron chi connectivity index (χ3n) is 3.30. The van der Waals surface area contributed by atoms with Gasteiger partial charge in [-0.25, -0.2) is 4.79 Å². The lowest BCUT2D eigenvalue weighted by Gasteiger charge is -2.25. The summed E-state index contributed by atoms with van der Waals surface area (Å²) >= 11 is 0. The first-order valence-corrected chi connectivity index (χ1v) is 5.41. The normalized spacial score (nSPS) is 28.8. The van der Waals surface area contributed by atoms with Gasteiger partial charge in [0.2, 0.25) is 0 Å². The molecule has 0 amide bonds. The molecule has 0 bridgehead atoms. The molecule has 0 radical (unpaired) electrons. The number of hydrogen-bond donors (Lipinski definition) is 1. The van der Waals surface area contributed by atoms with Crippen molar-refractivity contribution in [2.45, 2.75) is 33.1 Å². The fourth-order valence-corrected chi connectivity index (χ4v) is 2.31. The number of esters is 1. The van der Waals surface area contributed by atoms with Crippen molar-refractivity contribution in [3.63, 3.8) is 0 Å². The topological polar surface area (TPSA) is 80.7 Å². The van der Waals surface area contributed by atoms with Crippen LogP contribution < -0.4 is 0 Å². The van der Waals surface area contributed by atoms with Gasteiger partial charge in [-0.15, -0.1) is 0 Å². The predicted octanol–water partition coefficient (Wildman–Crippen LogP) is 1.01. The van der Waals surface area contributed by atoms with E-state index in [-0.39, 0.29) is 18.9 Å². The van der Waals surface area contributed by atoms with Crippen LogP contribution in [0.1, 0.15) is 33.1 Å². The third-order valence-corrected chi connectivity index (χ3v) is 3.30. The van der Waals surface area contributed by atoms with Crippen molar-refractivity contribution < 1.29 is 24.2 Å². The molecule has 0 aromatic heterocycles. The molecule has 5 heteroatoms. The highest BCUT2D eigenvalue weighted by molar-refractivity contribution is 6.39. The molecule has 2 unspecified atom stereocenters. The van der Waals surface area contributed by atoms with Crippen molar-refractivity contribution in [1.29, 1.82) is 0 Å². The Morgan fingerprint density at radius 2 is 2.06 bits per heavy atom. The quantitative estimate of drug-likeness (QED) is 0.441. The zero-order valence-electron chi connectivity index (χ0n) is 9.49. The van der Waals surface area contributed by atoms with Gasteiger partial charge in [-0.05, 0) is 25.7 Å². The van der Waals surface area contributed by atoms with Crippen LogP contribution in [0.5, 0.6) is 0 Å². The maximum atomic E-state index is 11.9. The molecule has 16 heavy (non-hydrogen) atoms. The van der Waals surface area contributed by atoms with E-state index >= 15 is 0 Å². The average molecular weight is 228 g/mol. The van der Waals surface area contributed by atoms with E-state index in [9.17, 15) is 19.5 Å². The Morgan fingerprint density at radius 1 is 1.44 bits per heavy atom. The summed E-state index contributed by atoms with van der Waals surface area (Å²) in [5.41, 5.74) is -1.56. The van der Waals surface area contributed by atoms with Gasteiger partial charge in [-0.3, -0.25) is 9.59 Å². The molecule has 1 aliphatic rings. The lowest BCUT2D eigenvalue weighted by Crippen LogP contribution is -2.45. The molecule has 0 aromatic carbocycles. The number of carbonyl (C=O) groups excluding carboxylic acids is 2. The molecule has 0 aliphatic heterocycles. The number of ketones is 1. The van der Waals surface area contributed by atoms with Crippen molar-refractivity contribution >= 4 is 17.7 Å². The number of carboxylic acids is 1. The Hall–Kier alpha value is -1.39. The van der Waals surface area contributed by atoms with Gasteiger partial charge in [-0.1, -0.05) is 13.3 Å². The Morgan fingerprint density at radius 3 is 2.44 bits per heavy atom. The molecule has 2 atom stereocenters. The minimum atomic E-state index is -1.56. The van der Waals surface area contributed by atoms with Crippen molar-refractivity contribution in [2.24, 2.45) is 11.3 Å². The first kappa shape index (κ1) is 12.7. The van der Waals surface area contributed by atoms with Gasteiger partial charge in [0.05, 0.1) is 6.61 Å². The van der Waals surface area contributed by atoms with E-state index in [1.54, 1.807) is 13.8 Å². The van der Waals surface area contributed by atoms with Crippen molar-refractivity contribution in [3.05, 3.63) is 0 Å². The second-order valence-electron chi connectivity index (χ2n) is 4.12. The summed E-state index contributed by atoms with van der Waals surface area (Å²) in [6, 6.07) is 0. The lowest BCUT2D eigenvalue weighted by atomic mass is 9.75. The number of hydrogen-bond acceptors (Lipinski definition) is 4. The molecule has 5 nitrogen and oxygen atoms in total. The molecule has 1 saturated carbocycles. The molecule has 0 spiro atoms. The number of aliphatic carboxylic acids is 1. The lowest BCUT2D eigenvalue weighted by molar-refractivity contribution is -0.168. The van der Waals surface area contributed by atoms with Crippen LogP contribution >= 0.6 is 0 Å². The zero-order valence-corrected chi connectivity index (χ0v) is 9.49. The third kappa shape index (κ3) is 1.81. The van der Waals surface area contributed by atoms with Crippen LogP contribution in [0, 0.1) is 11.3 Å². The van der Waals surface area contributed by atoms with E-state index < -0.39 is 23.1 Å². The largest absolute Gasteiger partial charge is 0.480 e. The smallest absolute Gasteiger partial charge is 0.375 e. The summed E-state index contributed by atoms with van der Waals surface area (Å²) in [5.74, 6) is -3.47. The molecular formula is C11H16O5. The van der Waals surface area contributed by atoms with Crippen LogP contribution in [0.3, 0.4) is 0 Å². The summed E-state index contributed by atoms with van der Waals surface area (Å²) in [6.45, 7) is 3.35. The summed E-state index contributed by atoms with van der Waals surface area (Å²) < 4.78 is 4.59. The maximum absolute atomic E-state index is 11.9. The van der Waals surface area contributed by atoms with E-state index in [2.05, 4.69) is 4.74 Å². The molecule has 1 N–H and O–H groups in total. The van der Waals surface area contributed by atoms with Gasteiger partial charge in [0, 0.05) is 0 Å². The molecular weight excluding hydrogens is 212 g/mol. The first-order chi connectivity index (χ1) is 7.46. The second kappa shape index (κ2) is 4.63. The molecule has 1 fully saturated rings. The van der Waals surface area contributed by atoms with E-state index in [0.29, 0.717) is 12.8 Å². The number of carboxylic acid groups (broad SMARTS) is 1. The Balaban J connectivity index is 2.99. The van der Waals surface area contributed by atoms with Crippen LogP contribution in [0.2, 0.25) is 0 Å². The minimum Gasteiger partial charge on any atom is -0.480 e. The Bertz CT molecular complexity index is 322. The summed E-state index contributed by atoms with van der Waals surface area (Å²) in [4.78, 5) is 34.5. The summed E-state index contributed by atoms with van der Waals surface area (Å²) in [6.07, 6.45) is 1.53. The van der Waals surface area contributed by atoms with Gasteiger partial charge in [0.1, 0.15) is 5.41 Å². The fourth-order valence-electron chi connectivity index (χ4n) is 2.31. The molecule has 1 aliphatic carbocycles. The highest BCUT2D eigenvalue weighted by Crippen LogP contribution is 2.44. The van der Waals surface area contributed by atoms with E-state index in [1.165, 1.54) is 0 Å². The molecule has 0 heterocycles. The standard InChI is InChI=1S/C11H16O5/c1-3-16-9(13)8(12)11(10(14)15)6-4-5-7(11)2/h7H,3-6H2,1-2H3,(H,14,15). The average Bonchev–Trinajstić information content (AvgIpc) is 2.60. The number of Topliss-reactive ketones (excluding diaryl/α,β-unsaturated/α-hetero) is 1. The highest BCUT2D eigenvalue weighted by Gasteiger charge is 2.55. The van der Waals surface area contributed by atoms with E-state index in [0.717, 1.165) is 0 Å². The van der Waals surface area contributed by atoms with E-state index in [4.69, 9.17) is 0 Å². The monoisotopic (exact) mass is 228 g/mol. The SMILES string of the molecule is CCOC(=O)C(=O)C1(C(=O)O)CCCC1C. The Kier molecular flexibility index (Phi) is 3.67. The number of carbonyl (C=O) groups is 3. The molecule has 1 rings (SSSR count). The van der Waals surface area contributed by atoms with Gasteiger partial charge in [-0.2, -0.15) is 0 Å². The highest BCUT2D eigenvalue weighted by atomic mass is 16.5. The van der Waals surface area contributed by atoms with Gasteiger partial charge < -0.3 is 9.84 Å². The molecule has 0 saturated heterocycles. The second-order valence-corrected chi connectivity index (χ2v) is 4.12. The van der Waals surface area contributed by atoms with Crippen molar-refractivity contribution in [2.75, 3.05) is 6.61 Å². The van der Waals surface area contributed by atoms with Gasteiger partial charge in [0.25, 0.3) is 5.78 Å². The van der Waals surface area contributed by atoms with Crippen LogP contribution in [-0.2, 0) is 19.1 Å². The first-order valence-electron chi connectivity index (χ1n) is 5.41. The summed E-state index contributed by atoms with van der Waals surface area (Å²) in [5, 5.41) is 9.19. The maximum Gasteiger partial charge on any atom is 0.375 e. The van der Waals surface area contributed by atoms with Crippen molar-refractivity contribution in [1.82, 2.24) is 0 Å². The van der Waals surface area contributed by atoms with Crippen LogP contribution in [0.25, 0.3) is 0 Å². The van der Waals surface area contributed by atoms with Gasteiger partial charge >= 0.3 is 11.9 Å². The number of rotatable bonds is 4. The fraction of sp³-hybridized carbons (Fsp3) is 0.727.